The zero-order chi connectivity index (χ0) is 6.83. The molecule has 0 N–H and O–H groups in total. The van der Waals surface area contributed by atoms with E-state index in [1.54, 1.807) is 0 Å². The summed E-state index contributed by atoms with van der Waals surface area (Å²) in [7, 11) is 0. The van der Waals surface area contributed by atoms with Crippen LogP contribution in [0.15, 0.2) is 12.1 Å². The van der Waals surface area contributed by atoms with Gasteiger partial charge < -0.3 is 0 Å². The maximum atomic E-state index is 4.76. The average molecular weight is 173 g/mol. The normalized spacial score (nSPS) is 6.88. The Balaban J connectivity index is 0. The van der Waals surface area contributed by atoms with Crippen LogP contribution in [0, 0.1) is 0 Å². The topological polar surface area (TPSA) is 9.23 Å². The molecular weight excluding hydrogens is 164 g/mol. The minimum absolute atomic E-state index is 1.22. The van der Waals surface area contributed by atoms with Crippen LogP contribution in [0.2, 0.25) is 0 Å². The lowest BCUT2D eigenvalue weighted by Crippen LogP contribution is -1.51. The second kappa shape index (κ2) is 15.6. The molecule has 50 valence electrons. The molecule has 0 aliphatic heterocycles. The Morgan fingerprint density at radius 3 is 1.75 bits per heavy atom. The van der Waals surface area contributed by atoms with E-state index in [-0.39, 0.29) is 0 Å². The van der Waals surface area contributed by atoms with E-state index in [9.17, 15) is 0 Å². The highest BCUT2D eigenvalue weighted by molar-refractivity contribution is 8.07. The van der Waals surface area contributed by atoms with Crippen molar-refractivity contribution < 1.29 is 3.63 Å². The first-order valence-electron chi connectivity index (χ1n) is 1.78. The molecule has 0 fully saturated rings. The first-order valence-corrected chi connectivity index (χ1v) is 4.51. The van der Waals surface area contributed by atoms with Crippen molar-refractivity contribution in [1.82, 2.24) is 0 Å². The molecule has 0 aromatic rings. The third kappa shape index (κ3) is 29.9. The molecule has 0 aromatic heterocycles. The van der Waals surface area contributed by atoms with Crippen molar-refractivity contribution in [2.45, 2.75) is 0 Å². The molecule has 0 saturated heterocycles. The molecule has 0 radical (unpaired) electrons. The third-order valence-corrected chi connectivity index (χ3v) is 1.22. The van der Waals surface area contributed by atoms with Gasteiger partial charge in [-0.15, -0.1) is 0 Å². The summed E-state index contributed by atoms with van der Waals surface area (Å²) in [5.41, 5.74) is 1.22. The van der Waals surface area contributed by atoms with Gasteiger partial charge in [-0.25, -0.2) is 3.63 Å². The summed E-state index contributed by atoms with van der Waals surface area (Å²) in [4.78, 5) is 0. The highest BCUT2D eigenvalue weighted by atomic mass is 35.5. The molecule has 0 rings (SSSR count). The van der Waals surface area contributed by atoms with E-state index in [1.807, 2.05) is 12.5 Å². The van der Waals surface area contributed by atoms with Crippen LogP contribution in [0.3, 0.4) is 0 Å². The van der Waals surface area contributed by atoms with Gasteiger partial charge in [0.25, 0.3) is 0 Å². The van der Waals surface area contributed by atoms with Crippen molar-refractivity contribution in [3.05, 3.63) is 12.1 Å². The third-order valence-electron chi connectivity index (χ3n) is 0.136. The van der Waals surface area contributed by atoms with Crippen LogP contribution in [0.25, 0.3) is 0 Å². The quantitative estimate of drug-likeness (QED) is 0.593. The maximum absolute atomic E-state index is 4.76. The molecular formula is C4H9ClOS2. The van der Waals surface area contributed by atoms with E-state index in [2.05, 4.69) is 10.2 Å². The molecule has 0 aliphatic carbocycles. The lowest BCUT2D eigenvalue weighted by Gasteiger charge is -1.82. The molecule has 0 aromatic carbocycles. The number of hydrogen-bond donors (Lipinski definition) is 0. The monoisotopic (exact) mass is 172 g/mol. The molecule has 0 saturated carbocycles. The van der Waals surface area contributed by atoms with Gasteiger partial charge in [0, 0.05) is 36.6 Å². The van der Waals surface area contributed by atoms with Crippen LogP contribution in [0.4, 0.5) is 0 Å². The van der Waals surface area contributed by atoms with Gasteiger partial charge in [0.2, 0.25) is 0 Å². The maximum Gasteiger partial charge on any atom is 0.00948 e. The summed E-state index contributed by atoms with van der Waals surface area (Å²) < 4.78 is 4.67. The highest BCUT2D eigenvalue weighted by Crippen LogP contribution is 2.04. The Hall–Kier alpha value is 0.690. The summed E-state index contributed by atoms with van der Waals surface area (Å²) in [6, 6.07) is 0. The summed E-state index contributed by atoms with van der Waals surface area (Å²) in [5, 5.41) is 0. The van der Waals surface area contributed by atoms with Crippen molar-refractivity contribution in [2.24, 2.45) is 0 Å². The average Bonchev–Trinajstić information content (AvgIpc) is 1.71. The molecule has 0 aliphatic rings. The minimum atomic E-state index is 1.22. The number of halogens is 1. The fourth-order valence-electron chi connectivity index (χ4n) is 0.0680. The van der Waals surface area contributed by atoms with Crippen molar-refractivity contribution in [3.63, 3.8) is 0 Å². The second-order valence-corrected chi connectivity index (χ2v) is 2.08. The van der Waals surface area contributed by atoms with Crippen LogP contribution < -0.4 is 0 Å². The van der Waals surface area contributed by atoms with E-state index in [0.717, 1.165) is 0 Å². The predicted octanol–water partition coefficient (Wildman–Crippen LogP) is 2.93. The van der Waals surface area contributed by atoms with E-state index < -0.39 is 0 Å². The van der Waals surface area contributed by atoms with Crippen LogP contribution in [-0.2, 0) is 3.63 Å². The van der Waals surface area contributed by atoms with Crippen LogP contribution >= 0.6 is 35.7 Å². The van der Waals surface area contributed by atoms with Crippen molar-refractivity contribution in [3.8, 4) is 0 Å². The summed E-state index contributed by atoms with van der Waals surface area (Å²) in [6.45, 7) is 3.13. The SMILES string of the molecule is C=CCl.CSOSC. The van der Waals surface area contributed by atoms with Gasteiger partial charge in [-0.2, -0.15) is 0 Å². The zero-order valence-electron chi connectivity index (χ0n) is 4.89. The molecule has 0 spiro atoms. The van der Waals surface area contributed by atoms with Gasteiger partial charge in [-0.1, -0.05) is 18.2 Å². The minimum Gasteiger partial charge on any atom is -0.248 e. The summed E-state index contributed by atoms with van der Waals surface area (Å²) in [5.74, 6) is 0. The van der Waals surface area contributed by atoms with E-state index in [4.69, 9.17) is 11.6 Å². The number of hydrogen-bond acceptors (Lipinski definition) is 3. The largest absolute Gasteiger partial charge is 0.248 e. The van der Waals surface area contributed by atoms with Gasteiger partial charge in [0.1, 0.15) is 0 Å². The Kier molecular flexibility index (Phi) is 22.5. The summed E-state index contributed by atoms with van der Waals surface area (Å²) >= 11 is 7.49. The Morgan fingerprint density at radius 2 is 1.75 bits per heavy atom. The molecule has 0 amide bonds. The fraction of sp³-hybridized carbons (Fsp3) is 0.500. The summed E-state index contributed by atoms with van der Waals surface area (Å²) in [6.07, 6.45) is 3.77. The fourth-order valence-corrected chi connectivity index (χ4v) is 0.612. The van der Waals surface area contributed by atoms with Crippen molar-refractivity contribution in [1.29, 1.82) is 0 Å². The molecule has 0 heterocycles. The van der Waals surface area contributed by atoms with Crippen LogP contribution in [0.1, 0.15) is 0 Å². The van der Waals surface area contributed by atoms with E-state index >= 15 is 0 Å². The van der Waals surface area contributed by atoms with Crippen molar-refractivity contribution >= 4 is 35.7 Å². The van der Waals surface area contributed by atoms with Crippen molar-refractivity contribution in [2.75, 3.05) is 12.5 Å². The van der Waals surface area contributed by atoms with Gasteiger partial charge in [-0.3, -0.25) is 0 Å². The van der Waals surface area contributed by atoms with Crippen LogP contribution in [-0.4, -0.2) is 12.5 Å². The predicted molar refractivity (Wildman–Crippen MR) is 44.2 cm³/mol. The van der Waals surface area contributed by atoms with Gasteiger partial charge in [0.05, 0.1) is 0 Å². The highest BCUT2D eigenvalue weighted by Gasteiger charge is 1.66. The molecule has 1 nitrogen and oxygen atoms in total. The molecule has 4 heteroatoms. The van der Waals surface area contributed by atoms with E-state index in [1.165, 1.54) is 29.6 Å². The standard InChI is InChI=1S/C2H3Cl.C2H6OS2/c1-2-3;1-4-3-5-2/h2H,1H2;1-2H3. The lowest BCUT2D eigenvalue weighted by atomic mass is 11.3. The van der Waals surface area contributed by atoms with Crippen LogP contribution in [0.5, 0.6) is 0 Å². The zero-order valence-corrected chi connectivity index (χ0v) is 7.28. The van der Waals surface area contributed by atoms with Gasteiger partial charge in [-0.05, 0) is 5.54 Å². The first kappa shape index (κ1) is 11.5. The van der Waals surface area contributed by atoms with Gasteiger partial charge >= 0.3 is 0 Å². The number of rotatable bonds is 2. The lowest BCUT2D eigenvalue weighted by molar-refractivity contribution is 0.769. The Morgan fingerprint density at radius 1 is 1.50 bits per heavy atom. The molecule has 0 bridgehead atoms. The smallest absolute Gasteiger partial charge is 0.00948 e. The Bertz CT molecular complexity index is 41.0. The van der Waals surface area contributed by atoms with Gasteiger partial charge in [0.15, 0.2) is 0 Å². The first-order chi connectivity index (χ1) is 3.83. The Labute approximate surface area is 64.2 Å². The molecule has 0 unspecified atom stereocenters. The molecule has 8 heavy (non-hydrogen) atoms. The van der Waals surface area contributed by atoms with E-state index in [0.29, 0.717) is 0 Å². The second-order valence-electron chi connectivity index (χ2n) is 0.556. The molecule has 0 atom stereocenters.